The quantitative estimate of drug-likeness (QED) is 0.212. The average molecular weight is 756 g/mol. The van der Waals surface area contributed by atoms with Gasteiger partial charge in [-0.3, -0.25) is 9.97 Å². The summed E-state index contributed by atoms with van der Waals surface area (Å²) in [5, 5.41) is 18.7. The summed E-state index contributed by atoms with van der Waals surface area (Å²) in [5.74, 6) is 0. The fraction of sp³-hybridized carbons (Fsp3) is 0.125. The summed E-state index contributed by atoms with van der Waals surface area (Å²) in [5.41, 5.74) is 5.28. The van der Waals surface area contributed by atoms with Gasteiger partial charge in [0, 0.05) is 35.2 Å². The first kappa shape index (κ1) is 33.9. The summed E-state index contributed by atoms with van der Waals surface area (Å²) in [6.45, 7) is 8.09. The molecule has 2 aromatic carbocycles. The SMILES string of the molecule is CP.C[PH+](c1ccccc1)c1ccccc1.Cc1cc(-c2ccccn2)[n-]n1.Cc1cc(-c2ccccn2)[n-]n1.[Os+2]. The van der Waals surface area contributed by atoms with Crippen LogP contribution in [-0.4, -0.2) is 33.5 Å². The van der Waals surface area contributed by atoms with E-state index >= 15 is 0 Å². The molecule has 1 atom stereocenters. The van der Waals surface area contributed by atoms with Crippen LogP contribution in [0.5, 0.6) is 0 Å². The van der Waals surface area contributed by atoms with E-state index in [0.717, 1.165) is 34.2 Å². The number of hydrogen-bond acceptors (Lipinski definition) is 4. The first-order valence-corrected chi connectivity index (χ1v) is 16.0. The number of hydrogen-bond donors (Lipinski definition) is 0. The second-order valence-corrected chi connectivity index (χ2v) is 10.9. The van der Waals surface area contributed by atoms with Gasteiger partial charge in [-0.25, -0.2) is 0 Å². The van der Waals surface area contributed by atoms with E-state index in [1.54, 1.807) is 12.4 Å². The van der Waals surface area contributed by atoms with Crippen molar-refractivity contribution in [1.29, 1.82) is 0 Å². The summed E-state index contributed by atoms with van der Waals surface area (Å²) in [6, 6.07) is 36.8. The molecular weight excluding hydrogens is 721 g/mol. The molecule has 210 valence electrons. The molecular formula is C32H35N6OsP2+. The fourth-order valence-electron chi connectivity index (χ4n) is 3.60. The zero-order valence-electron chi connectivity index (χ0n) is 23.7. The van der Waals surface area contributed by atoms with E-state index in [9.17, 15) is 0 Å². The molecule has 0 aliphatic rings. The van der Waals surface area contributed by atoms with Gasteiger partial charge in [0.25, 0.3) is 0 Å². The second-order valence-electron chi connectivity index (χ2n) is 8.53. The molecule has 0 aliphatic heterocycles. The predicted octanol–water partition coefficient (Wildman–Crippen LogP) is 5.79. The summed E-state index contributed by atoms with van der Waals surface area (Å²) < 4.78 is 0. The second kappa shape index (κ2) is 18.9. The van der Waals surface area contributed by atoms with Crippen molar-refractivity contribution in [1.82, 2.24) is 30.4 Å². The van der Waals surface area contributed by atoms with Gasteiger partial charge in [0.15, 0.2) is 0 Å². The number of aryl methyl sites for hydroxylation is 2. The first-order chi connectivity index (χ1) is 19.6. The molecule has 6 aromatic rings. The van der Waals surface area contributed by atoms with Gasteiger partial charge in [-0.15, -0.1) is 9.24 Å². The molecule has 9 heteroatoms. The zero-order chi connectivity index (χ0) is 28.6. The molecule has 1 unspecified atom stereocenters. The number of pyridine rings is 2. The van der Waals surface area contributed by atoms with E-state index < -0.39 is 7.92 Å². The zero-order valence-corrected chi connectivity index (χ0v) is 28.4. The molecule has 0 radical (unpaired) electrons. The third-order valence-electron chi connectivity index (χ3n) is 5.59. The Balaban J connectivity index is 0.000000207. The van der Waals surface area contributed by atoms with Crippen LogP contribution in [0, 0.1) is 13.8 Å². The van der Waals surface area contributed by atoms with Gasteiger partial charge in [0.05, 0.1) is 25.2 Å². The van der Waals surface area contributed by atoms with Crippen molar-refractivity contribution in [2.75, 3.05) is 13.3 Å². The van der Waals surface area contributed by atoms with Gasteiger partial charge >= 0.3 is 19.8 Å². The Labute approximate surface area is 259 Å². The molecule has 0 saturated carbocycles. The van der Waals surface area contributed by atoms with E-state index in [-0.39, 0.29) is 19.8 Å². The number of rotatable bonds is 4. The Morgan fingerprint density at radius 1 is 0.561 bits per heavy atom. The average Bonchev–Trinajstić information content (AvgIpc) is 3.68. The van der Waals surface area contributed by atoms with E-state index in [2.05, 4.69) is 107 Å². The molecule has 6 nitrogen and oxygen atoms in total. The Bertz CT molecular complexity index is 1380. The molecule has 0 fully saturated rings. The fourth-order valence-corrected chi connectivity index (χ4v) is 5.32. The molecule has 0 bridgehead atoms. The topological polar surface area (TPSA) is 79.8 Å². The van der Waals surface area contributed by atoms with Crippen LogP contribution in [-0.2, 0) is 19.8 Å². The molecule has 0 aliphatic carbocycles. The minimum Gasteiger partial charge on any atom is -0.574 e. The van der Waals surface area contributed by atoms with Crippen LogP contribution < -0.4 is 20.8 Å². The van der Waals surface area contributed by atoms with Gasteiger partial charge in [-0.2, -0.15) is 0 Å². The predicted molar refractivity (Wildman–Crippen MR) is 173 cm³/mol. The third kappa shape index (κ3) is 11.2. The van der Waals surface area contributed by atoms with Gasteiger partial charge in [-0.05, 0) is 62.4 Å². The number of nitrogens with zero attached hydrogens (tertiary/aromatic N) is 6. The first-order valence-electron chi connectivity index (χ1n) is 12.9. The van der Waals surface area contributed by atoms with Gasteiger partial charge in [0.1, 0.15) is 0 Å². The van der Waals surface area contributed by atoms with E-state index in [1.165, 1.54) is 10.6 Å². The molecule has 41 heavy (non-hydrogen) atoms. The van der Waals surface area contributed by atoms with Crippen molar-refractivity contribution in [2.45, 2.75) is 13.8 Å². The van der Waals surface area contributed by atoms with E-state index in [1.807, 2.05) is 69.0 Å². The van der Waals surface area contributed by atoms with Crippen molar-refractivity contribution >= 4 is 27.8 Å². The van der Waals surface area contributed by atoms with Crippen molar-refractivity contribution < 1.29 is 19.8 Å². The summed E-state index contributed by atoms with van der Waals surface area (Å²) in [4.78, 5) is 8.32. The smallest absolute Gasteiger partial charge is 0.574 e. The summed E-state index contributed by atoms with van der Waals surface area (Å²) >= 11 is 0. The maximum absolute atomic E-state index is 4.16. The summed E-state index contributed by atoms with van der Waals surface area (Å²) in [7, 11) is 1.87. The van der Waals surface area contributed by atoms with Crippen molar-refractivity contribution in [3.8, 4) is 22.8 Å². The molecule has 4 aromatic heterocycles. The van der Waals surface area contributed by atoms with Crippen LogP contribution >= 0.6 is 17.2 Å². The number of aromatic nitrogens is 6. The molecule has 4 heterocycles. The Morgan fingerprint density at radius 2 is 0.927 bits per heavy atom. The van der Waals surface area contributed by atoms with Crippen molar-refractivity contribution in [3.05, 3.63) is 133 Å². The number of benzene rings is 2. The van der Waals surface area contributed by atoms with Gasteiger partial charge in [-0.1, -0.05) is 78.7 Å². The largest absolute Gasteiger partial charge is 2.00 e. The Morgan fingerprint density at radius 3 is 1.22 bits per heavy atom. The van der Waals surface area contributed by atoms with Crippen LogP contribution in [0.25, 0.3) is 22.8 Å². The Kier molecular flexibility index (Phi) is 15.6. The van der Waals surface area contributed by atoms with E-state index in [0.29, 0.717) is 0 Å². The van der Waals surface area contributed by atoms with Crippen LogP contribution in [0.15, 0.2) is 122 Å². The van der Waals surface area contributed by atoms with Crippen LogP contribution in [0.4, 0.5) is 0 Å². The maximum atomic E-state index is 4.16. The standard InChI is InChI=1S/C13H13P.2C9H8N3.CH5P.Os/c1-14(12-8-4-2-5-9-12)13-10-6-3-7-11-13;2*1-7-6-9(12-11-7)8-4-2-3-5-10-8;1-2;/h2-11H,1H3;2*2-6H,1H3;2H2,1H3;/q;2*-1;;+2/p+1. The van der Waals surface area contributed by atoms with Crippen molar-refractivity contribution in [3.63, 3.8) is 0 Å². The van der Waals surface area contributed by atoms with Gasteiger partial charge in [0.2, 0.25) is 0 Å². The molecule has 6 rings (SSSR count). The molecule has 0 spiro atoms. The van der Waals surface area contributed by atoms with Gasteiger partial charge < -0.3 is 20.4 Å². The van der Waals surface area contributed by atoms with Crippen LogP contribution in [0.1, 0.15) is 11.4 Å². The molecule has 0 saturated heterocycles. The monoisotopic (exact) mass is 757 g/mol. The van der Waals surface area contributed by atoms with E-state index in [4.69, 9.17) is 0 Å². The third-order valence-corrected chi connectivity index (χ3v) is 7.99. The van der Waals surface area contributed by atoms with Crippen molar-refractivity contribution in [2.24, 2.45) is 0 Å². The minimum atomic E-state index is -0.545. The normalized spacial score (nSPS) is 9.61. The van der Waals surface area contributed by atoms with Crippen LogP contribution in [0.2, 0.25) is 0 Å². The summed E-state index contributed by atoms with van der Waals surface area (Å²) in [6.07, 6.45) is 3.50. The van der Waals surface area contributed by atoms with Crippen LogP contribution in [0.3, 0.4) is 0 Å². The Hall–Kier alpha value is -3.34. The maximum Gasteiger partial charge on any atom is 2.00 e. The molecule has 0 N–H and O–H groups in total. The molecule has 0 amide bonds. The minimum absolute atomic E-state index is 0.